The standard InChI is InChI=1S/C20H24F2N2O2/c1-13(2)8-9-24-16-7-6-15(20(24)26)11-23(12-16)18(25)10-14-4-3-5-17(21)19(14)22/h3-5,8,15-16H,6-7,9-12H2,1-2H3/t15-,16+/m0/s1. The fraction of sp³-hybridized carbons (Fsp3) is 0.500. The summed E-state index contributed by atoms with van der Waals surface area (Å²) < 4.78 is 27.2. The zero-order valence-corrected chi connectivity index (χ0v) is 15.2. The van der Waals surface area contributed by atoms with E-state index in [0.29, 0.717) is 19.6 Å². The van der Waals surface area contributed by atoms with Crippen molar-refractivity contribution >= 4 is 11.8 Å². The molecule has 3 aliphatic heterocycles. The first-order chi connectivity index (χ1) is 12.4. The smallest absolute Gasteiger partial charge is 0.228 e. The van der Waals surface area contributed by atoms with Crippen molar-refractivity contribution in [1.29, 1.82) is 0 Å². The molecule has 4 nitrogen and oxygen atoms in total. The van der Waals surface area contributed by atoms with E-state index in [9.17, 15) is 18.4 Å². The molecule has 6 heteroatoms. The summed E-state index contributed by atoms with van der Waals surface area (Å²) in [5.41, 5.74) is 1.20. The Kier molecular flexibility index (Phi) is 5.39. The highest BCUT2D eigenvalue weighted by Crippen LogP contribution is 2.29. The third-order valence-electron chi connectivity index (χ3n) is 5.22. The van der Waals surface area contributed by atoms with E-state index in [0.717, 1.165) is 24.5 Å². The van der Waals surface area contributed by atoms with Gasteiger partial charge in [0.1, 0.15) is 0 Å². The minimum Gasteiger partial charge on any atom is -0.340 e. The van der Waals surface area contributed by atoms with E-state index < -0.39 is 11.6 Å². The van der Waals surface area contributed by atoms with Gasteiger partial charge in [0.15, 0.2) is 11.6 Å². The van der Waals surface area contributed by atoms with Crippen molar-refractivity contribution in [3.05, 3.63) is 47.0 Å². The van der Waals surface area contributed by atoms with E-state index in [-0.39, 0.29) is 35.8 Å². The average Bonchev–Trinajstić information content (AvgIpc) is 2.88. The number of fused-ring (bicyclic) bond motifs is 4. The van der Waals surface area contributed by atoms with Crippen molar-refractivity contribution in [3.63, 3.8) is 0 Å². The molecule has 0 N–H and O–H groups in total. The Morgan fingerprint density at radius 1 is 1.23 bits per heavy atom. The van der Waals surface area contributed by atoms with Gasteiger partial charge in [-0.05, 0) is 32.8 Å². The summed E-state index contributed by atoms with van der Waals surface area (Å²) in [6, 6.07) is 3.85. The van der Waals surface area contributed by atoms with Crippen molar-refractivity contribution < 1.29 is 18.4 Å². The number of hydrogen-bond acceptors (Lipinski definition) is 2. The molecule has 140 valence electrons. The lowest BCUT2D eigenvalue weighted by Gasteiger charge is -2.35. The number of carbonyl (C=O) groups excluding carboxylic acids is 2. The maximum atomic E-state index is 13.9. The van der Waals surface area contributed by atoms with Crippen LogP contribution in [0, 0.1) is 17.6 Å². The maximum absolute atomic E-state index is 13.9. The molecule has 0 spiro atoms. The number of allylic oxidation sites excluding steroid dienone is 1. The molecule has 0 aromatic heterocycles. The van der Waals surface area contributed by atoms with Crippen LogP contribution in [0.3, 0.4) is 0 Å². The van der Waals surface area contributed by atoms with Crippen molar-refractivity contribution in [3.8, 4) is 0 Å². The van der Waals surface area contributed by atoms with E-state index in [1.165, 1.54) is 12.1 Å². The van der Waals surface area contributed by atoms with E-state index >= 15 is 0 Å². The maximum Gasteiger partial charge on any atom is 0.228 e. The van der Waals surface area contributed by atoms with Crippen LogP contribution in [-0.4, -0.2) is 47.3 Å². The Morgan fingerprint density at radius 3 is 2.73 bits per heavy atom. The molecule has 2 atom stereocenters. The van der Waals surface area contributed by atoms with Gasteiger partial charge in [-0.2, -0.15) is 0 Å². The second-order valence-corrected chi connectivity index (χ2v) is 7.39. The Hall–Kier alpha value is -2.24. The molecule has 3 fully saturated rings. The molecule has 3 saturated heterocycles. The van der Waals surface area contributed by atoms with Crippen LogP contribution in [0.4, 0.5) is 8.78 Å². The molecule has 2 amide bonds. The van der Waals surface area contributed by atoms with E-state index in [1.807, 2.05) is 24.8 Å². The largest absolute Gasteiger partial charge is 0.340 e. The summed E-state index contributed by atoms with van der Waals surface area (Å²) in [5.74, 6) is -2.30. The van der Waals surface area contributed by atoms with Crippen LogP contribution in [0.5, 0.6) is 0 Å². The summed E-state index contributed by atoms with van der Waals surface area (Å²) in [6.45, 7) is 5.35. The predicted octanol–water partition coefficient (Wildman–Crippen LogP) is 2.92. The minimum absolute atomic E-state index is 0.0156. The molecule has 3 aliphatic rings. The Balaban J connectivity index is 1.74. The molecule has 4 rings (SSSR count). The van der Waals surface area contributed by atoms with Gasteiger partial charge in [0.25, 0.3) is 0 Å². The van der Waals surface area contributed by atoms with Gasteiger partial charge in [-0.25, -0.2) is 8.78 Å². The lowest BCUT2D eigenvalue weighted by atomic mass is 9.94. The third-order valence-corrected chi connectivity index (χ3v) is 5.22. The van der Waals surface area contributed by atoms with Crippen molar-refractivity contribution in [2.45, 2.75) is 39.2 Å². The van der Waals surface area contributed by atoms with Gasteiger partial charge in [0.05, 0.1) is 12.3 Å². The first kappa shape index (κ1) is 18.5. The van der Waals surface area contributed by atoms with Crippen LogP contribution >= 0.6 is 0 Å². The van der Waals surface area contributed by atoms with Gasteiger partial charge in [-0.3, -0.25) is 9.59 Å². The number of piperidine rings is 1. The third kappa shape index (κ3) is 3.79. The van der Waals surface area contributed by atoms with Crippen LogP contribution in [0.1, 0.15) is 32.3 Å². The van der Waals surface area contributed by atoms with Gasteiger partial charge < -0.3 is 9.80 Å². The Labute approximate surface area is 152 Å². The summed E-state index contributed by atoms with van der Waals surface area (Å²) in [5, 5.41) is 0. The van der Waals surface area contributed by atoms with Gasteiger partial charge in [0.2, 0.25) is 11.8 Å². The molecule has 26 heavy (non-hydrogen) atoms. The second-order valence-electron chi connectivity index (χ2n) is 7.39. The monoisotopic (exact) mass is 362 g/mol. The van der Waals surface area contributed by atoms with Crippen molar-refractivity contribution in [2.24, 2.45) is 5.92 Å². The zero-order chi connectivity index (χ0) is 18.8. The summed E-state index contributed by atoms with van der Waals surface area (Å²) >= 11 is 0. The molecular formula is C20H24F2N2O2. The number of rotatable bonds is 4. The van der Waals surface area contributed by atoms with Crippen LogP contribution in [0.15, 0.2) is 29.8 Å². The molecule has 2 bridgehead atoms. The predicted molar refractivity (Wildman–Crippen MR) is 94.3 cm³/mol. The van der Waals surface area contributed by atoms with Crippen molar-refractivity contribution in [2.75, 3.05) is 19.6 Å². The fourth-order valence-corrected chi connectivity index (χ4v) is 3.72. The number of benzene rings is 1. The van der Waals surface area contributed by atoms with Crippen molar-refractivity contribution in [1.82, 2.24) is 9.80 Å². The summed E-state index contributed by atoms with van der Waals surface area (Å²) in [4.78, 5) is 28.9. The lowest BCUT2D eigenvalue weighted by Crippen LogP contribution is -2.48. The van der Waals surface area contributed by atoms with Crippen LogP contribution < -0.4 is 0 Å². The van der Waals surface area contributed by atoms with E-state index in [1.54, 1.807) is 4.90 Å². The summed E-state index contributed by atoms with van der Waals surface area (Å²) in [6.07, 6.45) is 3.47. The normalized spacial score (nSPS) is 22.4. The van der Waals surface area contributed by atoms with Gasteiger partial charge >= 0.3 is 0 Å². The molecule has 1 aromatic carbocycles. The molecule has 1 aromatic rings. The number of amides is 2. The molecule has 0 saturated carbocycles. The van der Waals surface area contributed by atoms with Crippen LogP contribution in [0.25, 0.3) is 0 Å². The van der Waals surface area contributed by atoms with Crippen LogP contribution in [-0.2, 0) is 16.0 Å². The molecule has 0 unspecified atom stereocenters. The Bertz CT molecular complexity index is 743. The first-order valence-corrected chi connectivity index (χ1v) is 9.01. The number of carbonyl (C=O) groups is 2. The summed E-state index contributed by atoms with van der Waals surface area (Å²) in [7, 11) is 0. The van der Waals surface area contributed by atoms with E-state index in [2.05, 4.69) is 0 Å². The molecular weight excluding hydrogens is 338 g/mol. The Morgan fingerprint density at radius 2 is 2.00 bits per heavy atom. The van der Waals surface area contributed by atoms with Gasteiger partial charge in [-0.1, -0.05) is 23.8 Å². The van der Waals surface area contributed by atoms with E-state index in [4.69, 9.17) is 0 Å². The average molecular weight is 362 g/mol. The second kappa shape index (κ2) is 7.56. The lowest BCUT2D eigenvalue weighted by molar-refractivity contribution is -0.139. The highest BCUT2D eigenvalue weighted by molar-refractivity contribution is 5.84. The quantitative estimate of drug-likeness (QED) is 0.773. The molecule has 3 heterocycles. The number of nitrogens with zero attached hydrogens (tertiary/aromatic N) is 2. The van der Waals surface area contributed by atoms with Gasteiger partial charge in [-0.15, -0.1) is 0 Å². The number of halogens is 2. The number of hydrogen-bond donors (Lipinski definition) is 0. The van der Waals surface area contributed by atoms with Gasteiger partial charge in [0, 0.05) is 31.2 Å². The zero-order valence-electron chi connectivity index (χ0n) is 15.2. The first-order valence-electron chi connectivity index (χ1n) is 9.01. The topological polar surface area (TPSA) is 40.6 Å². The fourth-order valence-electron chi connectivity index (χ4n) is 3.72. The highest BCUT2D eigenvalue weighted by atomic mass is 19.2. The molecule has 0 aliphatic carbocycles. The minimum atomic E-state index is -0.972. The van der Waals surface area contributed by atoms with Crippen LogP contribution in [0.2, 0.25) is 0 Å². The highest BCUT2D eigenvalue weighted by Gasteiger charge is 2.41. The molecule has 0 radical (unpaired) electrons. The SMILES string of the molecule is CC(C)=CCN1C(=O)[C@H]2CC[C@@H]1CN(C(=O)Cc1cccc(F)c1F)C2.